The van der Waals surface area contributed by atoms with Gasteiger partial charge in [0.05, 0.1) is 0 Å². The normalized spacial score (nSPS) is 11.3. The van der Waals surface area contributed by atoms with Crippen molar-refractivity contribution in [3.05, 3.63) is 59.2 Å². The molecule has 7 nitrogen and oxygen atoms in total. The largest absolute Gasteiger partial charge is 0.454 e. The van der Waals surface area contributed by atoms with Crippen molar-refractivity contribution < 1.29 is 19.1 Å². The number of aryl methyl sites for hydroxylation is 3. The lowest BCUT2D eigenvalue weighted by Gasteiger charge is -2.15. The van der Waals surface area contributed by atoms with Gasteiger partial charge >= 0.3 is 12.0 Å². The van der Waals surface area contributed by atoms with E-state index in [9.17, 15) is 14.4 Å². The summed E-state index contributed by atoms with van der Waals surface area (Å²) in [6.45, 7) is 6.84. The quantitative estimate of drug-likeness (QED) is 0.667. The zero-order chi connectivity index (χ0) is 20.7. The number of hydrogen-bond donors (Lipinski definition) is 3. The second kappa shape index (κ2) is 9.55. The van der Waals surface area contributed by atoms with E-state index < -0.39 is 30.6 Å². The Balaban J connectivity index is 1.81. The number of carbonyl (C=O) groups excluding carboxylic acids is 3. The molecule has 0 heterocycles. The van der Waals surface area contributed by atoms with E-state index in [1.165, 1.54) is 6.92 Å². The fourth-order valence-electron chi connectivity index (χ4n) is 2.76. The molecule has 7 heteroatoms. The average Bonchev–Trinajstić information content (AvgIpc) is 2.63. The molecule has 3 N–H and O–H groups in total. The predicted molar refractivity (Wildman–Crippen MR) is 108 cm³/mol. The smallest absolute Gasteiger partial charge is 0.328 e. The maximum absolute atomic E-state index is 12.1. The van der Waals surface area contributed by atoms with Gasteiger partial charge in [0, 0.05) is 11.4 Å². The van der Waals surface area contributed by atoms with Crippen LogP contribution < -0.4 is 16.0 Å². The SMILES string of the molecule is Cc1cc(C)c(NC(=O)COC(=O)[C@H](C)NC(=O)Nc2ccccc2)c(C)c1. The number of carbonyl (C=O) groups is 3. The average molecular weight is 383 g/mol. The van der Waals surface area contributed by atoms with E-state index in [4.69, 9.17) is 4.74 Å². The van der Waals surface area contributed by atoms with Crippen molar-refractivity contribution in [1.82, 2.24) is 5.32 Å². The molecule has 2 aromatic carbocycles. The van der Waals surface area contributed by atoms with E-state index >= 15 is 0 Å². The van der Waals surface area contributed by atoms with Crippen molar-refractivity contribution in [2.45, 2.75) is 33.7 Å². The summed E-state index contributed by atoms with van der Waals surface area (Å²) >= 11 is 0. The highest BCUT2D eigenvalue weighted by Crippen LogP contribution is 2.21. The molecule has 3 amide bonds. The summed E-state index contributed by atoms with van der Waals surface area (Å²) in [5.74, 6) is -1.14. The Morgan fingerprint density at radius 3 is 2.18 bits per heavy atom. The number of esters is 1. The van der Waals surface area contributed by atoms with Gasteiger partial charge in [-0.1, -0.05) is 35.9 Å². The molecule has 0 unspecified atom stereocenters. The molecule has 0 spiro atoms. The van der Waals surface area contributed by atoms with Gasteiger partial charge in [-0.15, -0.1) is 0 Å². The van der Waals surface area contributed by atoms with E-state index in [2.05, 4.69) is 16.0 Å². The van der Waals surface area contributed by atoms with E-state index in [-0.39, 0.29) is 0 Å². The second-order valence-corrected chi connectivity index (χ2v) is 6.62. The number of urea groups is 1. The third kappa shape index (κ3) is 6.12. The molecule has 0 bridgehead atoms. The summed E-state index contributed by atoms with van der Waals surface area (Å²) in [5, 5.41) is 7.83. The Morgan fingerprint density at radius 2 is 1.57 bits per heavy atom. The van der Waals surface area contributed by atoms with E-state index in [1.807, 2.05) is 39.0 Å². The molecular formula is C21H25N3O4. The summed E-state index contributed by atoms with van der Waals surface area (Å²) in [7, 11) is 0. The van der Waals surface area contributed by atoms with Crippen LogP contribution in [0.3, 0.4) is 0 Å². The molecule has 0 aromatic heterocycles. The highest BCUT2D eigenvalue weighted by molar-refractivity contribution is 5.95. The number of rotatable bonds is 6. The number of amides is 3. The highest BCUT2D eigenvalue weighted by Gasteiger charge is 2.19. The van der Waals surface area contributed by atoms with Crippen LogP contribution in [0.25, 0.3) is 0 Å². The zero-order valence-electron chi connectivity index (χ0n) is 16.5. The molecule has 0 aliphatic heterocycles. The maximum Gasteiger partial charge on any atom is 0.328 e. The van der Waals surface area contributed by atoms with Gasteiger partial charge in [-0.05, 0) is 51.0 Å². The first-order valence-electron chi connectivity index (χ1n) is 8.93. The molecule has 28 heavy (non-hydrogen) atoms. The molecule has 0 saturated carbocycles. The number of anilines is 2. The van der Waals surface area contributed by atoms with Crippen LogP contribution in [0, 0.1) is 20.8 Å². The predicted octanol–water partition coefficient (Wildman–Crippen LogP) is 3.30. The van der Waals surface area contributed by atoms with Crippen molar-refractivity contribution in [3.63, 3.8) is 0 Å². The van der Waals surface area contributed by atoms with Crippen molar-refractivity contribution in [2.75, 3.05) is 17.2 Å². The lowest BCUT2D eigenvalue weighted by Crippen LogP contribution is -2.42. The number of ether oxygens (including phenoxy) is 1. The second-order valence-electron chi connectivity index (χ2n) is 6.62. The van der Waals surface area contributed by atoms with Gasteiger partial charge in [0.25, 0.3) is 5.91 Å². The Kier molecular flexibility index (Phi) is 7.14. The molecule has 2 aromatic rings. The van der Waals surface area contributed by atoms with Crippen LogP contribution in [0.15, 0.2) is 42.5 Å². The number of hydrogen-bond acceptors (Lipinski definition) is 4. The highest BCUT2D eigenvalue weighted by atomic mass is 16.5. The van der Waals surface area contributed by atoms with E-state index in [0.29, 0.717) is 11.4 Å². The number of nitrogens with one attached hydrogen (secondary N) is 3. The first kappa shape index (κ1) is 21.0. The van der Waals surface area contributed by atoms with Crippen LogP contribution >= 0.6 is 0 Å². The molecule has 1 atom stereocenters. The topological polar surface area (TPSA) is 96.5 Å². The Bertz CT molecular complexity index is 842. The van der Waals surface area contributed by atoms with Crippen LogP contribution in [0.1, 0.15) is 23.6 Å². The summed E-state index contributed by atoms with van der Waals surface area (Å²) in [6.07, 6.45) is 0. The zero-order valence-corrected chi connectivity index (χ0v) is 16.5. The minimum absolute atomic E-state index is 0.433. The van der Waals surface area contributed by atoms with Gasteiger partial charge in [0.15, 0.2) is 6.61 Å². The fraction of sp³-hybridized carbons (Fsp3) is 0.286. The fourth-order valence-corrected chi connectivity index (χ4v) is 2.76. The third-order valence-corrected chi connectivity index (χ3v) is 4.02. The van der Waals surface area contributed by atoms with Crippen LogP contribution in [-0.2, 0) is 14.3 Å². The number of benzene rings is 2. The summed E-state index contributed by atoms with van der Waals surface area (Å²) in [6, 6.07) is 11.3. The lowest BCUT2D eigenvalue weighted by atomic mass is 10.1. The Hall–Kier alpha value is -3.35. The monoisotopic (exact) mass is 383 g/mol. The molecular weight excluding hydrogens is 358 g/mol. The van der Waals surface area contributed by atoms with Gasteiger partial charge in [-0.3, -0.25) is 4.79 Å². The first-order chi connectivity index (χ1) is 13.3. The van der Waals surface area contributed by atoms with Crippen LogP contribution in [0.5, 0.6) is 0 Å². The molecule has 0 radical (unpaired) electrons. The van der Waals surface area contributed by atoms with Gasteiger partial charge in [-0.2, -0.15) is 0 Å². The molecule has 0 saturated heterocycles. The van der Waals surface area contributed by atoms with Crippen LogP contribution in [-0.4, -0.2) is 30.6 Å². The molecule has 0 aliphatic rings. The van der Waals surface area contributed by atoms with Crippen molar-refractivity contribution in [3.8, 4) is 0 Å². The number of para-hydroxylation sites is 1. The maximum atomic E-state index is 12.1. The molecule has 2 rings (SSSR count). The summed E-state index contributed by atoms with van der Waals surface area (Å²) in [4.78, 5) is 36.0. The van der Waals surface area contributed by atoms with Crippen LogP contribution in [0.2, 0.25) is 0 Å². The molecule has 0 aliphatic carbocycles. The van der Waals surface area contributed by atoms with Gasteiger partial charge in [0.1, 0.15) is 6.04 Å². The van der Waals surface area contributed by atoms with Gasteiger partial charge < -0.3 is 20.7 Å². The van der Waals surface area contributed by atoms with E-state index in [1.54, 1.807) is 24.3 Å². The lowest BCUT2D eigenvalue weighted by molar-refractivity contribution is -0.148. The first-order valence-corrected chi connectivity index (χ1v) is 8.93. The minimum Gasteiger partial charge on any atom is -0.454 e. The molecule has 148 valence electrons. The Labute approximate surface area is 164 Å². The third-order valence-electron chi connectivity index (χ3n) is 4.02. The van der Waals surface area contributed by atoms with Crippen LogP contribution in [0.4, 0.5) is 16.2 Å². The Morgan fingerprint density at radius 1 is 0.964 bits per heavy atom. The molecule has 0 fully saturated rings. The standard InChI is InChI=1S/C21H25N3O4/c1-13-10-14(2)19(15(3)11-13)24-18(25)12-28-20(26)16(4)22-21(27)23-17-8-6-5-7-9-17/h5-11,16H,12H2,1-4H3,(H,24,25)(H2,22,23,27)/t16-/m0/s1. The minimum atomic E-state index is -0.903. The van der Waals surface area contributed by atoms with Gasteiger partial charge in [-0.25, -0.2) is 9.59 Å². The van der Waals surface area contributed by atoms with Crippen molar-refractivity contribution in [1.29, 1.82) is 0 Å². The van der Waals surface area contributed by atoms with Crippen molar-refractivity contribution >= 4 is 29.3 Å². The van der Waals surface area contributed by atoms with E-state index in [0.717, 1.165) is 16.7 Å². The van der Waals surface area contributed by atoms with Crippen molar-refractivity contribution in [2.24, 2.45) is 0 Å². The van der Waals surface area contributed by atoms with Gasteiger partial charge in [0.2, 0.25) is 0 Å². The summed E-state index contributed by atoms with van der Waals surface area (Å²) in [5.41, 5.74) is 4.28. The summed E-state index contributed by atoms with van der Waals surface area (Å²) < 4.78 is 5.00.